The molecule has 5 amide bonds. The van der Waals surface area contributed by atoms with E-state index in [2.05, 4.69) is 26.5 Å². The molecular weight excluding hydrogens is 891 g/mol. The standard InChI is InChI=1S/C46H71N7O11S2/c1-10-14-39(56)63-27-53(45(60)40(29(5)11-2)49-43(59)36-15-12-13-20-52(36)8)37(28(3)4)25-38(64-31(7)54)44-48-35(26-66-44)42(58)47-33(24-32-16-18-34(55)19-17-32)23-30(6)41(57)50-51-46(61)62-21-22-65-9/h16-19,26,28-30,33,36-38,40,55H,10-15,20-25,27H2,1-9H3,(H,47,58)(H,49,59)(H,50,57)(H,51,61)/t29-,30+,33-,36-,37-,38-,40+/m1/s1. The number of phenolic OH excluding ortho intramolecular Hbond substituents is 1. The fourth-order valence-electron chi connectivity index (χ4n) is 7.57. The van der Waals surface area contributed by atoms with E-state index in [0.29, 0.717) is 25.0 Å². The Labute approximate surface area is 397 Å². The van der Waals surface area contributed by atoms with Crippen molar-refractivity contribution in [3.8, 4) is 5.75 Å². The van der Waals surface area contributed by atoms with E-state index >= 15 is 0 Å². The summed E-state index contributed by atoms with van der Waals surface area (Å²) in [6.07, 6.45) is 4.26. The third-order valence-electron chi connectivity index (χ3n) is 11.6. The van der Waals surface area contributed by atoms with Gasteiger partial charge in [0.2, 0.25) is 17.7 Å². The first-order chi connectivity index (χ1) is 31.4. The Bertz CT molecular complexity index is 1900. The topological polar surface area (TPSA) is 235 Å². The molecule has 0 bridgehead atoms. The van der Waals surface area contributed by atoms with Crippen molar-refractivity contribution in [2.24, 2.45) is 17.8 Å². The molecule has 3 rings (SSSR count). The number of thioether (sulfide) groups is 1. The molecule has 1 aliphatic rings. The molecule has 0 spiro atoms. The molecule has 0 unspecified atom stereocenters. The molecule has 0 radical (unpaired) electrons. The molecule has 1 aliphatic heterocycles. The van der Waals surface area contributed by atoms with Gasteiger partial charge < -0.3 is 34.9 Å². The number of benzene rings is 1. The van der Waals surface area contributed by atoms with Gasteiger partial charge in [0.1, 0.15) is 29.1 Å². The lowest BCUT2D eigenvalue weighted by Crippen LogP contribution is -2.59. The number of amides is 5. The lowest BCUT2D eigenvalue weighted by molar-refractivity contribution is -0.160. The number of piperidine rings is 1. The van der Waals surface area contributed by atoms with Crippen molar-refractivity contribution in [2.75, 3.05) is 38.9 Å². The number of carbonyl (C=O) groups excluding carboxylic acids is 7. The zero-order chi connectivity index (χ0) is 48.9. The van der Waals surface area contributed by atoms with E-state index in [4.69, 9.17) is 14.2 Å². The van der Waals surface area contributed by atoms with Gasteiger partial charge in [0.15, 0.2) is 12.8 Å². The minimum absolute atomic E-state index is 0.0179. The van der Waals surface area contributed by atoms with Crippen molar-refractivity contribution in [3.63, 3.8) is 0 Å². The van der Waals surface area contributed by atoms with Crippen LogP contribution in [0.4, 0.5) is 4.79 Å². The Morgan fingerprint density at radius 3 is 2.32 bits per heavy atom. The number of hydrazine groups is 1. The third kappa shape index (κ3) is 18.0. The predicted octanol–water partition coefficient (Wildman–Crippen LogP) is 5.50. The maximum absolute atomic E-state index is 14.8. The second-order valence-corrected chi connectivity index (χ2v) is 19.1. The first-order valence-corrected chi connectivity index (χ1v) is 25.1. The summed E-state index contributed by atoms with van der Waals surface area (Å²) in [4.78, 5) is 101. The number of hydrogen-bond donors (Lipinski definition) is 5. The van der Waals surface area contributed by atoms with Crippen LogP contribution in [0.5, 0.6) is 5.75 Å². The van der Waals surface area contributed by atoms with Gasteiger partial charge in [0, 0.05) is 48.9 Å². The van der Waals surface area contributed by atoms with Crippen LogP contribution in [-0.2, 0) is 44.6 Å². The third-order valence-corrected chi connectivity index (χ3v) is 13.1. The summed E-state index contributed by atoms with van der Waals surface area (Å²) < 4.78 is 16.6. The molecule has 1 aromatic heterocycles. The Hall–Kier alpha value is -4.95. The van der Waals surface area contributed by atoms with Crippen LogP contribution >= 0.6 is 23.1 Å². The molecule has 0 aliphatic carbocycles. The van der Waals surface area contributed by atoms with Crippen molar-refractivity contribution in [1.29, 1.82) is 0 Å². The Kier molecular flexibility index (Phi) is 23.7. The fourth-order valence-corrected chi connectivity index (χ4v) is 8.66. The average Bonchev–Trinajstić information content (AvgIpc) is 3.78. The van der Waals surface area contributed by atoms with Crippen molar-refractivity contribution >= 4 is 64.8 Å². The van der Waals surface area contributed by atoms with Gasteiger partial charge in [-0.3, -0.25) is 39.1 Å². The molecule has 66 heavy (non-hydrogen) atoms. The number of carbonyl (C=O) groups is 7. The molecule has 5 N–H and O–H groups in total. The van der Waals surface area contributed by atoms with Crippen molar-refractivity contribution in [2.45, 2.75) is 137 Å². The number of rotatable bonds is 25. The normalized spacial score (nSPS) is 16.7. The minimum Gasteiger partial charge on any atom is -0.508 e. The van der Waals surface area contributed by atoms with Gasteiger partial charge in [-0.25, -0.2) is 15.2 Å². The van der Waals surface area contributed by atoms with Crippen LogP contribution in [0.25, 0.3) is 0 Å². The number of thiazole rings is 1. The van der Waals surface area contributed by atoms with Crippen molar-refractivity contribution in [3.05, 3.63) is 45.9 Å². The van der Waals surface area contributed by atoms with E-state index in [1.165, 1.54) is 41.1 Å². The first kappa shape index (κ1) is 55.4. The monoisotopic (exact) mass is 961 g/mol. The number of aromatic hydroxyl groups is 1. The largest absolute Gasteiger partial charge is 0.508 e. The highest BCUT2D eigenvalue weighted by molar-refractivity contribution is 7.98. The molecule has 7 atom stereocenters. The maximum Gasteiger partial charge on any atom is 0.426 e. The first-order valence-electron chi connectivity index (χ1n) is 22.8. The smallest absolute Gasteiger partial charge is 0.426 e. The van der Waals surface area contributed by atoms with Crippen LogP contribution in [0.3, 0.4) is 0 Å². The lowest BCUT2D eigenvalue weighted by Gasteiger charge is -2.39. The number of likely N-dealkylation sites (tertiary alicyclic amines) is 1. The number of hydrogen-bond acceptors (Lipinski definition) is 15. The molecule has 1 aromatic carbocycles. The van der Waals surface area contributed by atoms with Gasteiger partial charge in [-0.2, -0.15) is 11.8 Å². The number of ether oxygens (including phenoxy) is 3. The molecular formula is C46H71N7O11S2. The summed E-state index contributed by atoms with van der Waals surface area (Å²) in [5.41, 5.74) is 5.38. The summed E-state index contributed by atoms with van der Waals surface area (Å²) >= 11 is 2.59. The quantitative estimate of drug-likeness (QED) is 0.0272. The predicted molar refractivity (Wildman–Crippen MR) is 252 cm³/mol. The van der Waals surface area contributed by atoms with Gasteiger partial charge in [-0.05, 0) is 81.5 Å². The van der Waals surface area contributed by atoms with Crippen LogP contribution in [0.15, 0.2) is 29.6 Å². The molecule has 1 fully saturated rings. The molecule has 0 saturated carbocycles. The van der Waals surface area contributed by atoms with E-state index in [1.54, 1.807) is 19.1 Å². The number of aromatic nitrogens is 1. The number of nitrogens with zero attached hydrogens (tertiary/aromatic N) is 3. The summed E-state index contributed by atoms with van der Waals surface area (Å²) in [5, 5.41) is 17.7. The van der Waals surface area contributed by atoms with E-state index < -0.39 is 72.6 Å². The Morgan fingerprint density at radius 1 is 0.985 bits per heavy atom. The second kappa shape index (κ2) is 28.3. The van der Waals surface area contributed by atoms with E-state index in [1.807, 2.05) is 52.8 Å². The number of likely N-dealkylation sites (N-methyl/N-ethyl adjacent to an activating group) is 1. The zero-order valence-electron chi connectivity index (χ0n) is 39.9. The highest BCUT2D eigenvalue weighted by atomic mass is 32.2. The van der Waals surface area contributed by atoms with E-state index in [9.17, 15) is 38.7 Å². The summed E-state index contributed by atoms with van der Waals surface area (Å²) in [6, 6.07) is 3.78. The summed E-state index contributed by atoms with van der Waals surface area (Å²) in [7, 11) is 1.90. The molecule has 18 nitrogen and oxygen atoms in total. The van der Waals surface area contributed by atoms with Gasteiger partial charge in [0.05, 0.1) is 6.04 Å². The van der Waals surface area contributed by atoms with Crippen LogP contribution in [0.1, 0.15) is 127 Å². The highest BCUT2D eigenvalue weighted by Gasteiger charge is 2.39. The minimum atomic E-state index is -1.04. The van der Waals surface area contributed by atoms with Crippen molar-refractivity contribution in [1.82, 2.24) is 36.3 Å². The number of nitrogens with one attached hydrogen (secondary N) is 4. The summed E-state index contributed by atoms with van der Waals surface area (Å²) in [6.45, 7) is 12.9. The molecule has 2 aromatic rings. The SMILES string of the molecule is CCCC(=O)OCN(C(=O)[C@@H](NC(=O)[C@H]1CCCCN1C)[C@H](C)CC)[C@H](C[C@@H](OC(C)=O)c1nc(C(=O)N[C@@H](Cc2ccc(O)cc2)C[C@H](C)C(=O)NNC(=O)OCCSC)cs1)C(C)C. The van der Waals surface area contributed by atoms with Gasteiger partial charge in [0.25, 0.3) is 5.91 Å². The molecule has 368 valence electrons. The van der Waals surface area contributed by atoms with Crippen LogP contribution < -0.4 is 21.5 Å². The molecule has 1 saturated heterocycles. The maximum atomic E-state index is 14.8. The van der Waals surface area contributed by atoms with Gasteiger partial charge in [-0.1, -0.05) is 66.5 Å². The Morgan fingerprint density at radius 2 is 1.70 bits per heavy atom. The van der Waals surface area contributed by atoms with Crippen LogP contribution in [-0.4, -0.2) is 125 Å². The lowest BCUT2D eigenvalue weighted by atomic mass is 9.92. The highest BCUT2D eigenvalue weighted by Crippen LogP contribution is 2.32. The van der Waals surface area contributed by atoms with Crippen LogP contribution in [0, 0.1) is 17.8 Å². The fraction of sp³-hybridized carbons (Fsp3) is 0.652. The number of esters is 2. The second-order valence-electron chi connectivity index (χ2n) is 17.2. The molecule has 2 heterocycles. The van der Waals surface area contributed by atoms with Crippen LogP contribution in [0.2, 0.25) is 0 Å². The molecule has 20 heteroatoms. The zero-order valence-corrected chi connectivity index (χ0v) is 41.5. The van der Waals surface area contributed by atoms with Gasteiger partial charge >= 0.3 is 18.0 Å². The van der Waals surface area contributed by atoms with E-state index in [0.717, 1.165) is 36.3 Å². The van der Waals surface area contributed by atoms with E-state index in [-0.39, 0.29) is 72.5 Å². The van der Waals surface area contributed by atoms with Gasteiger partial charge in [-0.15, -0.1) is 11.3 Å². The number of phenols is 1. The van der Waals surface area contributed by atoms with Crippen molar-refractivity contribution < 1.29 is 52.9 Å². The Balaban J connectivity index is 1.92. The average molecular weight is 962 g/mol. The summed E-state index contributed by atoms with van der Waals surface area (Å²) in [5.74, 6) is -3.48.